The molecule has 3 rings (SSSR count). The lowest BCUT2D eigenvalue weighted by Gasteiger charge is -2.28. The summed E-state index contributed by atoms with van der Waals surface area (Å²) in [5, 5.41) is 14.5. The summed E-state index contributed by atoms with van der Waals surface area (Å²) >= 11 is 0. The van der Waals surface area contributed by atoms with Crippen LogP contribution in [0.15, 0.2) is 42.5 Å². The van der Waals surface area contributed by atoms with Crippen molar-refractivity contribution >= 4 is 11.6 Å². The number of carbonyl (C=O) groups is 1. The maximum atomic E-state index is 13.0. The molecule has 30 heavy (non-hydrogen) atoms. The van der Waals surface area contributed by atoms with Crippen molar-refractivity contribution in [1.82, 2.24) is 5.32 Å². The van der Waals surface area contributed by atoms with Gasteiger partial charge in [0.05, 0.1) is 24.7 Å². The van der Waals surface area contributed by atoms with Crippen LogP contribution >= 0.6 is 0 Å². The second-order valence-corrected chi connectivity index (χ2v) is 7.38. The van der Waals surface area contributed by atoms with Gasteiger partial charge in [-0.05, 0) is 31.5 Å². The number of quaternary nitrogens is 1. The fraction of sp³-hybridized carbons (Fsp3) is 0.409. The largest absolute Gasteiger partial charge is 0.487 e. The number of nitrogens with one attached hydrogen (secondary N) is 2. The van der Waals surface area contributed by atoms with E-state index in [0.29, 0.717) is 19.8 Å². The fourth-order valence-corrected chi connectivity index (χ4v) is 3.52. The van der Waals surface area contributed by atoms with E-state index in [-0.39, 0.29) is 28.9 Å². The van der Waals surface area contributed by atoms with Crippen molar-refractivity contribution in [2.75, 3.05) is 39.5 Å². The Kier molecular flexibility index (Phi) is 7.37. The molecule has 1 fully saturated rings. The average molecular weight is 414 g/mol. The molecule has 160 valence electrons. The van der Waals surface area contributed by atoms with Gasteiger partial charge in [-0.15, -0.1) is 0 Å². The second-order valence-electron chi connectivity index (χ2n) is 7.38. The second kappa shape index (κ2) is 10.2. The van der Waals surface area contributed by atoms with Gasteiger partial charge < -0.3 is 19.7 Å². The quantitative estimate of drug-likeness (QED) is 0.506. The van der Waals surface area contributed by atoms with Crippen molar-refractivity contribution in [2.24, 2.45) is 0 Å². The third-order valence-electron chi connectivity index (χ3n) is 5.20. The number of ether oxygens (including phenoxy) is 2. The third kappa shape index (κ3) is 5.55. The first kappa shape index (κ1) is 21.7. The molecule has 8 nitrogen and oxygen atoms in total. The zero-order valence-corrected chi connectivity index (χ0v) is 17.3. The van der Waals surface area contributed by atoms with Crippen LogP contribution in [0.25, 0.3) is 0 Å². The zero-order valence-electron chi connectivity index (χ0n) is 17.3. The Labute approximate surface area is 175 Å². The normalized spacial score (nSPS) is 15.4. The van der Waals surface area contributed by atoms with Crippen LogP contribution in [0.2, 0.25) is 0 Å². The van der Waals surface area contributed by atoms with Gasteiger partial charge in [0.15, 0.2) is 5.75 Å². The molecule has 2 N–H and O–H groups in total. The molecular formula is C22H28N3O5+. The van der Waals surface area contributed by atoms with Crippen molar-refractivity contribution in [3.63, 3.8) is 0 Å². The Balaban J connectivity index is 1.82. The van der Waals surface area contributed by atoms with E-state index >= 15 is 0 Å². The van der Waals surface area contributed by atoms with Crippen LogP contribution in [0, 0.1) is 17.0 Å². The summed E-state index contributed by atoms with van der Waals surface area (Å²) in [7, 11) is 0. The van der Waals surface area contributed by atoms with Crippen molar-refractivity contribution in [1.29, 1.82) is 0 Å². The van der Waals surface area contributed by atoms with Crippen LogP contribution in [0.5, 0.6) is 5.75 Å². The Morgan fingerprint density at radius 3 is 2.57 bits per heavy atom. The van der Waals surface area contributed by atoms with E-state index in [1.54, 1.807) is 13.0 Å². The Morgan fingerprint density at radius 1 is 1.23 bits per heavy atom. The molecule has 8 heteroatoms. The Morgan fingerprint density at radius 2 is 1.93 bits per heavy atom. The van der Waals surface area contributed by atoms with Crippen molar-refractivity contribution in [3.05, 3.63) is 69.3 Å². The fourth-order valence-electron chi connectivity index (χ4n) is 3.52. The maximum absolute atomic E-state index is 13.0. The van der Waals surface area contributed by atoms with Crippen LogP contribution < -0.4 is 15.0 Å². The summed E-state index contributed by atoms with van der Waals surface area (Å²) in [4.78, 5) is 25.2. The van der Waals surface area contributed by atoms with Gasteiger partial charge in [0.2, 0.25) is 0 Å². The minimum absolute atomic E-state index is 0.159. The number of carbonyl (C=O) groups excluding carboxylic acids is 1. The van der Waals surface area contributed by atoms with Crippen LogP contribution in [0.4, 0.5) is 5.69 Å². The lowest BCUT2D eigenvalue weighted by Crippen LogP contribution is -3.14. The Bertz CT molecular complexity index is 879. The molecule has 1 saturated heterocycles. The first-order chi connectivity index (χ1) is 14.5. The summed E-state index contributed by atoms with van der Waals surface area (Å²) in [6.07, 6.45) is 0. The molecule has 0 unspecified atom stereocenters. The minimum Gasteiger partial charge on any atom is -0.487 e. The maximum Gasteiger partial charge on any atom is 0.311 e. The smallest absolute Gasteiger partial charge is 0.311 e. The molecule has 2 aromatic rings. The van der Waals surface area contributed by atoms with Crippen molar-refractivity contribution < 1.29 is 24.1 Å². The first-order valence-corrected chi connectivity index (χ1v) is 10.2. The van der Waals surface area contributed by atoms with Crippen molar-refractivity contribution in [3.8, 4) is 5.75 Å². The van der Waals surface area contributed by atoms with Gasteiger partial charge in [0.1, 0.15) is 25.7 Å². The van der Waals surface area contributed by atoms with E-state index in [9.17, 15) is 14.9 Å². The summed E-state index contributed by atoms with van der Waals surface area (Å²) in [5.41, 5.74) is 2.17. The van der Waals surface area contributed by atoms with E-state index in [1.165, 1.54) is 17.0 Å². The number of nitro benzene ring substituents is 1. The molecule has 1 amide bonds. The predicted molar refractivity (Wildman–Crippen MR) is 112 cm³/mol. The topological polar surface area (TPSA) is 95.1 Å². The van der Waals surface area contributed by atoms with Gasteiger partial charge >= 0.3 is 5.69 Å². The molecule has 1 atom stereocenters. The molecule has 2 aromatic carbocycles. The van der Waals surface area contributed by atoms with E-state index in [4.69, 9.17) is 9.47 Å². The molecule has 0 radical (unpaired) electrons. The van der Waals surface area contributed by atoms with E-state index in [0.717, 1.165) is 30.8 Å². The first-order valence-electron chi connectivity index (χ1n) is 10.2. The SMILES string of the molecule is CCOc1ccc(C(=O)N[C@@H](C[NH+]2CCOCC2)c2ccc(C)cc2)cc1[N+](=O)[O-]. The number of hydrogen-bond donors (Lipinski definition) is 2. The van der Waals surface area contributed by atoms with Gasteiger partial charge in [0, 0.05) is 11.6 Å². The predicted octanol–water partition coefficient (Wildman–Crippen LogP) is 1.69. The highest BCUT2D eigenvalue weighted by Gasteiger charge is 2.25. The van der Waals surface area contributed by atoms with Gasteiger partial charge in [0.25, 0.3) is 5.91 Å². The highest BCUT2D eigenvalue weighted by molar-refractivity contribution is 5.95. The molecule has 1 aliphatic heterocycles. The number of aryl methyl sites for hydroxylation is 1. The molecule has 0 aromatic heterocycles. The van der Waals surface area contributed by atoms with Crippen LogP contribution in [-0.2, 0) is 4.74 Å². The van der Waals surface area contributed by atoms with Gasteiger partial charge in [-0.2, -0.15) is 0 Å². The number of amides is 1. The number of morpholine rings is 1. The van der Waals surface area contributed by atoms with Crippen molar-refractivity contribution in [2.45, 2.75) is 19.9 Å². The number of benzene rings is 2. The molecule has 0 saturated carbocycles. The van der Waals surface area contributed by atoms with E-state index in [2.05, 4.69) is 5.32 Å². The standard InChI is InChI=1S/C22H27N3O5/c1-3-30-21-9-8-18(14-20(21)25(27)28)22(26)23-19(15-24-10-12-29-13-11-24)17-6-4-16(2)5-7-17/h4-9,14,19H,3,10-13,15H2,1-2H3,(H,23,26)/p+1/t19-/m0/s1. The molecule has 1 heterocycles. The summed E-state index contributed by atoms with van der Waals surface area (Å²) < 4.78 is 10.7. The molecule has 1 aliphatic rings. The number of nitro groups is 1. The van der Waals surface area contributed by atoms with Crippen LogP contribution in [-0.4, -0.2) is 50.3 Å². The zero-order chi connectivity index (χ0) is 21.5. The number of hydrogen-bond acceptors (Lipinski definition) is 5. The lowest BCUT2D eigenvalue weighted by molar-refractivity contribution is -0.909. The highest BCUT2D eigenvalue weighted by Crippen LogP contribution is 2.28. The monoisotopic (exact) mass is 414 g/mol. The lowest BCUT2D eigenvalue weighted by atomic mass is 10.0. The third-order valence-corrected chi connectivity index (χ3v) is 5.20. The summed E-state index contributed by atoms with van der Waals surface area (Å²) in [5.74, 6) is -0.189. The minimum atomic E-state index is -0.531. The van der Waals surface area contributed by atoms with E-state index in [1.807, 2.05) is 31.2 Å². The van der Waals surface area contributed by atoms with Crippen LogP contribution in [0.3, 0.4) is 0 Å². The Hall–Kier alpha value is -2.97. The molecular weight excluding hydrogens is 386 g/mol. The summed E-state index contributed by atoms with van der Waals surface area (Å²) in [6, 6.07) is 12.2. The number of rotatable bonds is 8. The number of nitrogens with zero attached hydrogens (tertiary/aromatic N) is 1. The van der Waals surface area contributed by atoms with Gasteiger partial charge in [-0.3, -0.25) is 14.9 Å². The average Bonchev–Trinajstić information content (AvgIpc) is 2.75. The molecule has 0 aliphatic carbocycles. The highest BCUT2D eigenvalue weighted by atomic mass is 16.6. The van der Waals surface area contributed by atoms with Gasteiger partial charge in [-0.1, -0.05) is 29.8 Å². The van der Waals surface area contributed by atoms with Crippen LogP contribution in [0.1, 0.15) is 34.5 Å². The van der Waals surface area contributed by atoms with E-state index < -0.39 is 4.92 Å². The summed E-state index contributed by atoms with van der Waals surface area (Å²) in [6.45, 7) is 7.97. The van der Waals surface area contributed by atoms with Gasteiger partial charge in [-0.25, -0.2) is 0 Å². The molecule has 0 spiro atoms. The molecule has 0 bridgehead atoms.